The van der Waals surface area contributed by atoms with E-state index in [4.69, 9.17) is 14.2 Å². The minimum atomic E-state index is -0.766. The molecule has 444 valence electrons. The molecule has 0 amide bonds. The summed E-state index contributed by atoms with van der Waals surface area (Å²) in [5.41, 5.74) is 0. The van der Waals surface area contributed by atoms with Crippen molar-refractivity contribution in [3.8, 4) is 0 Å². The molecule has 0 saturated carbocycles. The summed E-state index contributed by atoms with van der Waals surface area (Å²) < 4.78 is 17.0. The van der Waals surface area contributed by atoms with E-state index in [1.807, 2.05) is 0 Å². The molecule has 0 N–H and O–H groups in total. The molecule has 1 unspecified atom stereocenters. The van der Waals surface area contributed by atoms with E-state index >= 15 is 0 Å². The van der Waals surface area contributed by atoms with Crippen molar-refractivity contribution in [1.82, 2.24) is 0 Å². The molecule has 0 saturated heterocycles. The lowest BCUT2D eigenvalue weighted by Crippen LogP contribution is -2.30. The van der Waals surface area contributed by atoms with Crippen molar-refractivity contribution in [2.45, 2.75) is 399 Å². The zero-order valence-electron chi connectivity index (χ0n) is 51.1. The first-order chi connectivity index (χ1) is 37.0. The highest BCUT2D eigenvalue weighted by molar-refractivity contribution is 5.71. The standard InChI is InChI=1S/C69H132O6/c1-4-7-10-13-16-19-22-25-28-30-32-34-35-36-38-39-41-44-47-50-53-56-59-62-68(71)74-65-66(64-73-67(70)61-58-55-52-49-46-43-27-24-21-18-15-12-9-6-3)75-69(72)63-60-57-54-51-48-45-42-40-37-33-31-29-26-23-20-17-14-11-8-5-2/h30,32,66H,4-29,31,33-65H2,1-3H3/b32-30-. The van der Waals surface area contributed by atoms with Crippen LogP contribution in [-0.4, -0.2) is 37.2 Å². The van der Waals surface area contributed by atoms with Crippen LogP contribution in [-0.2, 0) is 28.6 Å². The molecule has 0 spiro atoms. The van der Waals surface area contributed by atoms with Crippen molar-refractivity contribution in [2.24, 2.45) is 0 Å². The predicted molar refractivity (Wildman–Crippen MR) is 326 cm³/mol. The summed E-state index contributed by atoms with van der Waals surface area (Å²) in [6.07, 6.45) is 76.6. The second-order valence-corrected chi connectivity index (χ2v) is 23.5. The van der Waals surface area contributed by atoms with Gasteiger partial charge < -0.3 is 14.2 Å². The van der Waals surface area contributed by atoms with Crippen LogP contribution in [0.5, 0.6) is 0 Å². The Labute approximate surface area is 469 Å². The largest absolute Gasteiger partial charge is 0.462 e. The van der Waals surface area contributed by atoms with Crippen LogP contribution >= 0.6 is 0 Å². The summed E-state index contributed by atoms with van der Waals surface area (Å²) in [4.78, 5) is 38.4. The van der Waals surface area contributed by atoms with Crippen molar-refractivity contribution in [2.75, 3.05) is 13.2 Å². The third-order valence-electron chi connectivity index (χ3n) is 15.8. The van der Waals surface area contributed by atoms with Gasteiger partial charge in [-0.1, -0.05) is 341 Å². The molecule has 6 nitrogen and oxygen atoms in total. The highest BCUT2D eigenvalue weighted by Crippen LogP contribution is 2.19. The predicted octanol–water partition coefficient (Wildman–Crippen LogP) is 23.2. The van der Waals surface area contributed by atoms with E-state index in [9.17, 15) is 14.4 Å². The molecule has 0 bridgehead atoms. The third kappa shape index (κ3) is 62.9. The molecule has 0 radical (unpaired) electrons. The molecular formula is C69H132O6. The lowest BCUT2D eigenvalue weighted by atomic mass is 10.0. The zero-order chi connectivity index (χ0) is 54.3. The van der Waals surface area contributed by atoms with Gasteiger partial charge in [-0.15, -0.1) is 0 Å². The molecule has 0 aromatic heterocycles. The van der Waals surface area contributed by atoms with Gasteiger partial charge in [-0.05, 0) is 44.9 Å². The normalized spacial score (nSPS) is 12.0. The summed E-state index contributed by atoms with van der Waals surface area (Å²) in [7, 11) is 0. The van der Waals surface area contributed by atoms with Crippen molar-refractivity contribution >= 4 is 17.9 Å². The number of hydrogen-bond acceptors (Lipinski definition) is 6. The third-order valence-corrected chi connectivity index (χ3v) is 15.8. The number of carbonyl (C=O) groups is 3. The molecule has 6 heteroatoms. The van der Waals surface area contributed by atoms with E-state index in [0.717, 1.165) is 57.8 Å². The molecule has 1 atom stereocenters. The second kappa shape index (κ2) is 64.7. The first kappa shape index (κ1) is 73.2. The molecule has 0 aromatic rings. The van der Waals surface area contributed by atoms with Gasteiger partial charge in [-0.25, -0.2) is 0 Å². The Kier molecular flexibility index (Phi) is 63.1. The molecule has 75 heavy (non-hydrogen) atoms. The van der Waals surface area contributed by atoms with Gasteiger partial charge in [0.25, 0.3) is 0 Å². The lowest BCUT2D eigenvalue weighted by molar-refractivity contribution is -0.167. The van der Waals surface area contributed by atoms with Crippen LogP contribution < -0.4 is 0 Å². The monoisotopic (exact) mass is 1060 g/mol. The van der Waals surface area contributed by atoms with Crippen LogP contribution in [0, 0.1) is 0 Å². The molecule has 0 aliphatic heterocycles. The molecule has 0 rings (SSSR count). The van der Waals surface area contributed by atoms with Crippen LogP contribution in [0.25, 0.3) is 0 Å². The smallest absolute Gasteiger partial charge is 0.306 e. The van der Waals surface area contributed by atoms with Crippen molar-refractivity contribution in [1.29, 1.82) is 0 Å². The van der Waals surface area contributed by atoms with E-state index < -0.39 is 6.10 Å². The van der Waals surface area contributed by atoms with E-state index in [-0.39, 0.29) is 31.1 Å². The van der Waals surface area contributed by atoms with Crippen molar-refractivity contribution in [3.05, 3.63) is 12.2 Å². The molecule has 0 fully saturated rings. The Morgan fingerprint density at radius 2 is 0.440 bits per heavy atom. The van der Waals surface area contributed by atoms with Crippen LogP contribution in [0.2, 0.25) is 0 Å². The first-order valence-electron chi connectivity index (χ1n) is 34.2. The fourth-order valence-corrected chi connectivity index (χ4v) is 10.6. The molecule has 0 aliphatic carbocycles. The molecule has 0 aliphatic rings. The Morgan fingerprint density at radius 1 is 0.253 bits per heavy atom. The number of esters is 3. The highest BCUT2D eigenvalue weighted by atomic mass is 16.6. The number of rotatable bonds is 64. The molecule has 0 aromatic carbocycles. The number of unbranched alkanes of at least 4 members (excludes halogenated alkanes) is 51. The summed E-state index contributed by atoms with van der Waals surface area (Å²) >= 11 is 0. The van der Waals surface area contributed by atoms with E-state index in [0.29, 0.717) is 19.3 Å². The fourth-order valence-electron chi connectivity index (χ4n) is 10.6. The summed E-state index contributed by atoms with van der Waals surface area (Å²) in [6.45, 7) is 6.73. The van der Waals surface area contributed by atoms with Crippen LogP contribution in [0.15, 0.2) is 12.2 Å². The Balaban J connectivity index is 4.25. The van der Waals surface area contributed by atoms with Gasteiger partial charge in [-0.3, -0.25) is 14.4 Å². The number of ether oxygens (including phenoxy) is 3. The average molecular weight is 1060 g/mol. The number of carbonyl (C=O) groups excluding carboxylic acids is 3. The molecule has 0 heterocycles. The highest BCUT2D eigenvalue weighted by Gasteiger charge is 2.19. The van der Waals surface area contributed by atoms with E-state index in [1.165, 1.54) is 295 Å². The van der Waals surface area contributed by atoms with Crippen LogP contribution in [0.4, 0.5) is 0 Å². The fraction of sp³-hybridized carbons (Fsp3) is 0.928. The van der Waals surface area contributed by atoms with Gasteiger partial charge in [0.2, 0.25) is 0 Å². The van der Waals surface area contributed by atoms with Crippen LogP contribution in [0.1, 0.15) is 393 Å². The van der Waals surface area contributed by atoms with E-state index in [2.05, 4.69) is 32.9 Å². The zero-order valence-corrected chi connectivity index (χ0v) is 51.1. The van der Waals surface area contributed by atoms with Crippen LogP contribution in [0.3, 0.4) is 0 Å². The average Bonchev–Trinajstić information content (AvgIpc) is 3.41. The SMILES string of the molecule is CCCCCCCCCC/C=C\CCCCCCCCCCCCCC(=O)OCC(COC(=O)CCCCCCCCCCCCCCCC)OC(=O)CCCCCCCCCCCCCCCCCCCCCC. The quantitative estimate of drug-likeness (QED) is 0.0261. The van der Waals surface area contributed by atoms with Crippen molar-refractivity contribution < 1.29 is 28.6 Å². The summed E-state index contributed by atoms with van der Waals surface area (Å²) in [5, 5.41) is 0. The number of allylic oxidation sites excluding steroid dienone is 2. The van der Waals surface area contributed by atoms with Gasteiger partial charge in [0.05, 0.1) is 0 Å². The van der Waals surface area contributed by atoms with Gasteiger partial charge in [0.1, 0.15) is 13.2 Å². The number of hydrogen-bond donors (Lipinski definition) is 0. The minimum Gasteiger partial charge on any atom is -0.462 e. The summed E-state index contributed by atoms with van der Waals surface area (Å²) in [5.74, 6) is -0.829. The second-order valence-electron chi connectivity index (χ2n) is 23.5. The summed E-state index contributed by atoms with van der Waals surface area (Å²) in [6, 6.07) is 0. The van der Waals surface area contributed by atoms with Gasteiger partial charge in [0.15, 0.2) is 6.10 Å². The Bertz CT molecular complexity index is 1170. The maximum absolute atomic E-state index is 12.9. The molecular weight excluding hydrogens is 925 g/mol. The first-order valence-corrected chi connectivity index (χ1v) is 34.2. The topological polar surface area (TPSA) is 78.9 Å². The van der Waals surface area contributed by atoms with Gasteiger partial charge >= 0.3 is 17.9 Å². The minimum absolute atomic E-state index is 0.0630. The van der Waals surface area contributed by atoms with E-state index in [1.54, 1.807) is 0 Å². The maximum atomic E-state index is 12.9. The lowest BCUT2D eigenvalue weighted by Gasteiger charge is -2.18. The Hall–Kier alpha value is -1.85. The maximum Gasteiger partial charge on any atom is 0.306 e. The Morgan fingerprint density at radius 3 is 0.667 bits per heavy atom. The van der Waals surface area contributed by atoms with Gasteiger partial charge in [-0.2, -0.15) is 0 Å². The van der Waals surface area contributed by atoms with Crippen molar-refractivity contribution in [3.63, 3.8) is 0 Å². The van der Waals surface area contributed by atoms with Gasteiger partial charge in [0, 0.05) is 19.3 Å².